The first-order valence-corrected chi connectivity index (χ1v) is 11.0. The minimum absolute atomic E-state index is 0.439. The van der Waals surface area contributed by atoms with Crippen molar-refractivity contribution in [3.05, 3.63) is 47.6 Å². The molecular weight excluding hydrogens is 368 g/mol. The number of rotatable bonds is 5. The molecule has 0 N–H and O–H groups in total. The Morgan fingerprint density at radius 3 is 2.69 bits per heavy atom. The van der Waals surface area contributed by atoms with Gasteiger partial charge in [0.15, 0.2) is 0 Å². The molecule has 0 spiro atoms. The number of thiophene rings is 1. The van der Waals surface area contributed by atoms with Crippen molar-refractivity contribution >= 4 is 32.4 Å². The van der Waals surface area contributed by atoms with E-state index in [1.807, 2.05) is 24.7 Å². The molecule has 26 heavy (non-hydrogen) atoms. The van der Waals surface area contributed by atoms with Gasteiger partial charge in [0, 0.05) is 57.6 Å². The number of hydrogen-bond donors (Lipinski definition) is 0. The molecule has 0 amide bonds. The molecule has 4 rings (SSSR count). The van der Waals surface area contributed by atoms with E-state index < -0.39 is 10.0 Å². The number of sulfonamides is 1. The van der Waals surface area contributed by atoms with Crippen molar-refractivity contribution in [1.82, 2.24) is 18.8 Å². The number of fused-ring (bicyclic) bond motifs is 1. The standard InChI is InChI=1S/C18H22N4O2S2/c1-20-14-15(16-4-2-7-19-18(16)20)6-8-21-9-11-22(12-10-21)26(23,24)17-5-3-13-25-17/h2-5,7,13-14H,6,8-12H2,1H3. The summed E-state index contributed by atoms with van der Waals surface area (Å²) in [6.45, 7) is 3.58. The SMILES string of the molecule is Cn1cc(CCN2CCN(S(=O)(=O)c3cccs3)CC2)c2cccnc21. The van der Waals surface area contributed by atoms with Crippen LogP contribution in [0.5, 0.6) is 0 Å². The van der Waals surface area contributed by atoms with E-state index in [0.29, 0.717) is 17.3 Å². The molecule has 138 valence electrons. The van der Waals surface area contributed by atoms with Gasteiger partial charge in [-0.1, -0.05) is 6.07 Å². The fraction of sp³-hybridized carbons (Fsp3) is 0.389. The molecule has 3 aromatic rings. The third-order valence-electron chi connectivity index (χ3n) is 4.93. The van der Waals surface area contributed by atoms with E-state index >= 15 is 0 Å². The van der Waals surface area contributed by atoms with Crippen molar-refractivity contribution < 1.29 is 8.42 Å². The average Bonchev–Trinajstić information content (AvgIpc) is 3.30. The molecule has 0 radical (unpaired) electrons. The Bertz CT molecular complexity index is 988. The zero-order valence-corrected chi connectivity index (χ0v) is 16.3. The van der Waals surface area contributed by atoms with Crippen LogP contribution in [0, 0.1) is 0 Å². The molecule has 0 aliphatic carbocycles. The molecule has 1 aliphatic rings. The number of nitrogens with zero attached hydrogens (tertiary/aromatic N) is 4. The van der Waals surface area contributed by atoms with Gasteiger partial charge < -0.3 is 9.47 Å². The Morgan fingerprint density at radius 1 is 1.15 bits per heavy atom. The molecule has 0 aromatic carbocycles. The van der Waals surface area contributed by atoms with E-state index in [0.717, 1.165) is 31.7 Å². The first-order valence-electron chi connectivity index (χ1n) is 8.70. The molecule has 3 aromatic heterocycles. The Hall–Kier alpha value is -1.74. The average molecular weight is 391 g/mol. The topological polar surface area (TPSA) is 58.4 Å². The number of aryl methyl sites for hydroxylation is 1. The van der Waals surface area contributed by atoms with E-state index in [9.17, 15) is 8.42 Å². The van der Waals surface area contributed by atoms with Gasteiger partial charge in [-0.2, -0.15) is 4.31 Å². The summed E-state index contributed by atoms with van der Waals surface area (Å²) >= 11 is 1.28. The highest BCUT2D eigenvalue weighted by Crippen LogP contribution is 2.23. The van der Waals surface area contributed by atoms with Crippen LogP contribution in [0.25, 0.3) is 11.0 Å². The van der Waals surface area contributed by atoms with E-state index in [4.69, 9.17) is 0 Å². The zero-order chi connectivity index (χ0) is 18.1. The summed E-state index contributed by atoms with van der Waals surface area (Å²) in [4.78, 5) is 6.78. The summed E-state index contributed by atoms with van der Waals surface area (Å²) in [5.74, 6) is 0. The summed E-state index contributed by atoms with van der Waals surface area (Å²) in [7, 11) is -1.30. The molecule has 0 bridgehead atoms. The summed E-state index contributed by atoms with van der Waals surface area (Å²) in [5.41, 5.74) is 2.30. The lowest BCUT2D eigenvalue weighted by Gasteiger charge is -2.33. The third kappa shape index (κ3) is 3.29. The number of hydrogen-bond acceptors (Lipinski definition) is 5. The second-order valence-corrected chi connectivity index (χ2v) is 9.68. The third-order valence-corrected chi connectivity index (χ3v) is 8.21. The smallest absolute Gasteiger partial charge is 0.252 e. The molecule has 1 saturated heterocycles. The summed E-state index contributed by atoms with van der Waals surface area (Å²) in [6, 6.07) is 7.55. The maximum absolute atomic E-state index is 12.6. The van der Waals surface area contributed by atoms with Crippen molar-refractivity contribution in [3.63, 3.8) is 0 Å². The second kappa shape index (κ2) is 7.11. The van der Waals surface area contributed by atoms with Gasteiger partial charge in [0.2, 0.25) is 0 Å². The fourth-order valence-corrected chi connectivity index (χ4v) is 6.07. The van der Waals surface area contributed by atoms with E-state index in [1.54, 1.807) is 16.4 Å². The Kier molecular flexibility index (Phi) is 4.83. The van der Waals surface area contributed by atoms with Crippen LogP contribution in [0.15, 0.2) is 46.2 Å². The highest BCUT2D eigenvalue weighted by molar-refractivity contribution is 7.91. The lowest BCUT2D eigenvalue weighted by atomic mass is 10.1. The minimum atomic E-state index is -3.32. The number of pyridine rings is 1. The Labute approximate surface area is 157 Å². The van der Waals surface area contributed by atoms with E-state index in [-0.39, 0.29) is 0 Å². The van der Waals surface area contributed by atoms with Gasteiger partial charge in [-0.15, -0.1) is 11.3 Å². The predicted octanol–water partition coefficient (Wildman–Crippen LogP) is 2.18. The monoisotopic (exact) mass is 390 g/mol. The largest absolute Gasteiger partial charge is 0.335 e. The summed E-state index contributed by atoms with van der Waals surface area (Å²) < 4.78 is 29.3. The van der Waals surface area contributed by atoms with Crippen molar-refractivity contribution in [2.45, 2.75) is 10.6 Å². The van der Waals surface area contributed by atoms with Gasteiger partial charge in [0.1, 0.15) is 9.86 Å². The maximum atomic E-state index is 12.6. The highest BCUT2D eigenvalue weighted by atomic mass is 32.2. The highest BCUT2D eigenvalue weighted by Gasteiger charge is 2.29. The normalized spacial score (nSPS) is 17.1. The van der Waals surface area contributed by atoms with Gasteiger partial charge in [0.05, 0.1) is 0 Å². The van der Waals surface area contributed by atoms with Crippen molar-refractivity contribution in [2.24, 2.45) is 7.05 Å². The van der Waals surface area contributed by atoms with Gasteiger partial charge in [-0.25, -0.2) is 13.4 Å². The van der Waals surface area contributed by atoms with E-state index in [1.165, 1.54) is 22.3 Å². The number of aromatic nitrogens is 2. The molecular formula is C18H22N4O2S2. The molecule has 1 aliphatic heterocycles. The molecule has 0 unspecified atom stereocenters. The Balaban J connectivity index is 1.37. The molecule has 6 nitrogen and oxygen atoms in total. The predicted molar refractivity (Wildman–Crippen MR) is 104 cm³/mol. The molecule has 8 heteroatoms. The molecule has 4 heterocycles. The van der Waals surface area contributed by atoms with Crippen molar-refractivity contribution in [1.29, 1.82) is 0 Å². The van der Waals surface area contributed by atoms with Gasteiger partial charge in [-0.3, -0.25) is 0 Å². The van der Waals surface area contributed by atoms with Crippen molar-refractivity contribution in [2.75, 3.05) is 32.7 Å². The summed E-state index contributed by atoms with van der Waals surface area (Å²) in [5, 5.41) is 3.01. The van der Waals surface area contributed by atoms with Crippen LogP contribution < -0.4 is 0 Å². The van der Waals surface area contributed by atoms with Gasteiger partial charge in [0.25, 0.3) is 10.0 Å². The van der Waals surface area contributed by atoms with Crippen LogP contribution in [0.3, 0.4) is 0 Å². The fourth-order valence-electron chi connectivity index (χ4n) is 3.50. The van der Waals surface area contributed by atoms with Crippen LogP contribution in [0.4, 0.5) is 0 Å². The maximum Gasteiger partial charge on any atom is 0.252 e. The molecule has 0 atom stereocenters. The summed E-state index contributed by atoms with van der Waals surface area (Å²) in [6.07, 6.45) is 4.91. The number of piperazine rings is 1. The molecule has 0 saturated carbocycles. The van der Waals surface area contributed by atoms with Crippen LogP contribution in [0.2, 0.25) is 0 Å². The van der Waals surface area contributed by atoms with Crippen LogP contribution in [-0.4, -0.2) is 59.9 Å². The second-order valence-electron chi connectivity index (χ2n) is 6.57. The van der Waals surface area contributed by atoms with Crippen LogP contribution in [0.1, 0.15) is 5.56 Å². The first-order chi connectivity index (χ1) is 12.6. The van der Waals surface area contributed by atoms with Crippen LogP contribution >= 0.6 is 11.3 Å². The Morgan fingerprint density at radius 2 is 1.96 bits per heavy atom. The van der Waals surface area contributed by atoms with E-state index in [2.05, 4.69) is 26.7 Å². The zero-order valence-electron chi connectivity index (χ0n) is 14.7. The van der Waals surface area contributed by atoms with Gasteiger partial charge >= 0.3 is 0 Å². The quantitative estimate of drug-likeness (QED) is 0.670. The molecule has 1 fully saturated rings. The first kappa shape index (κ1) is 17.7. The van der Waals surface area contributed by atoms with Gasteiger partial charge in [-0.05, 0) is 35.6 Å². The van der Waals surface area contributed by atoms with Crippen LogP contribution in [-0.2, 0) is 23.5 Å². The lowest BCUT2D eigenvalue weighted by molar-refractivity contribution is 0.190. The lowest BCUT2D eigenvalue weighted by Crippen LogP contribution is -2.48. The van der Waals surface area contributed by atoms with Crippen molar-refractivity contribution in [3.8, 4) is 0 Å². The minimum Gasteiger partial charge on any atom is -0.335 e.